The van der Waals surface area contributed by atoms with E-state index in [0.29, 0.717) is 0 Å². The first-order valence-corrected chi connectivity index (χ1v) is 15.0. The highest BCUT2D eigenvalue weighted by atomic mass is 15.1. The average molecular weight is 540 g/mol. The molecule has 42 heavy (non-hydrogen) atoms. The van der Waals surface area contributed by atoms with Crippen molar-refractivity contribution in [1.29, 1.82) is 0 Å². The maximum Gasteiger partial charge on any atom is 0.0464 e. The summed E-state index contributed by atoms with van der Waals surface area (Å²) in [6.45, 7) is 4.68. The molecule has 8 rings (SSSR count). The Morgan fingerprint density at radius 2 is 1.21 bits per heavy atom. The monoisotopic (exact) mass is 539 g/mol. The van der Waals surface area contributed by atoms with Gasteiger partial charge in [-0.3, -0.25) is 0 Å². The first-order chi connectivity index (χ1) is 20.6. The van der Waals surface area contributed by atoms with Gasteiger partial charge in [-0.1, -0.05) is 117 Å². The predicted molar refractivity (Wildman–Crippen MR) is 180 cm³/mol. The van der Waals surface area contributed by atoms with Crippen molar-refractivity contribution < 1.29 is 0 Å². The molecule has 1 heteroatoms. The number of allylic oxidation sites excluding steroid dienone is 4. The van der Waals surface area contributed by atoms with Crippen LogP contribution in [-0.4, -0.2) is 0 Å². The molecular weight excluding hydrogens is 506 g/mol. The molecule has 0 saturated carbocycles. The molecular formula is C41H33N. The Balaban J connectivity index is 1.38. The molecule has 0 aliphatic heterocycles. The van der Waals surface area contributed by atoms with Crippen LogP contribution in [0.5, 0.6) is 0 Å². The molecule has 6 aromatic rings. The molecule has 0 radical (unpaired) electrons. The molecule has 1 nitrogen and oxygen atoms in total. The summed E-state index contributed by atoms with van der Waals surface area (Å²) in [5.74, 6) is 0. The smallest absolute Gasteiger partial charge is 0.0464 e. The zero-order chi connectivity index (χ0) is 28.3. The van der Waals surface area contributed by atoms with Gasteiger partial charge in [-0.05, 0) is 110 Å². The van der Waals surface area contributed by atoms with Gasteiger partial charge in [-0.15, -0.1) is 0 Å². The quantitative estimate of drug-likeness (QED) is 0.201. The summed E-state index contributed by atoms with van der Waals surface area (Å²) in [5, 5.41) is 5.44. The van der Waals surface area contributed by atoms with E-state index in [2.05, 4.69) is 158 Å². The minimum Gasteiger partial charge on any atom is -0.310 e. The van der Waals surface area contributed by atoms with E-state index < -0.39 is 0 Å². The second-order valence-electron chi connectivity index (χ2n) is 12.4. The van der Waals surface area contributed by atoms with Crippen LogP contribution in [0.15, 0.2) is 140 Å². The average Bonchev–Trinajstić information content (AvgIpc) is 3.01. The zero-order valence-corrected chi connectivity index (χ0v) is 24.1. The highest BCUT2D eigenvalue weighted by Gasteiger charge is 2.27. The van der Waals surface area contributed by atoms with Crippen LogP contribution in [0.1, 0.15) is 37.0 Å². The van der Waals surface area contributed by atoms with Crippen LogP contribution in [0.25, 0.3) is 38.2 Å². The van der Waals surface area contributed by atoms with E-state index >= 15 is 0 Å². The molecule has 0 aromatic heterocycles. The molecule has 0 atom stereocenters. The van der Waals surface area contributed by atoms with Crippen LogP contribution in [-0.2, 0) is 6.42 Å². The van der Waals surface area contributed by atoms with E-state index in [9.17, 15) is 0 Å². The molecule has 2 aliphatic carbocycles. The van der Waals surface area contributed by atoms with Gasteiger partial charge in [0.05, 0.1) is 0 Å². The van der Waals surface area contributed by atoms with Crippen LogP contribution in [0.4, 0.5) is 17.1 Å². The maximum absolute atomic E-state index is 2.48. The number of hydrogen-bond acceptors (Lipinski definition) is 1. The molecule has 0 amide bonds. The van der Waals surface area contributed by atoms with Gasteiger partial charge in [-0.2, -0.15) is 0 Å². The lowest BCUT2D eigenvalue weighted by atomic mass is 9.76. The highest BCUT2D eigenvalue weighted by Crippen LogP contribution is 2.49. The third-order valence-corrected chi connectivity index (χ3v) is 8.94. The molecule has 0 N–H and O–H groups in total. The van der Waals surface area contributed by atoms with Gasteiger partial charge >= 0.3 is 0 Å². The topological polar surface area (TPSA) is 3.24 Å². The zero-order valence-electron chi connectivity index (χ0n) is 24.1. The lowest BCUT2D eigenvalue weighted by molar-refractivity contribution is 0.486. The van der Waals surface area contributed by atoms with Crippen LogP contribution < -0.4 is 4.90 Å². The summed E-state index contributed by atoms with van der Waals surface area (Å²) in [6.07, 6.45) is 9.17. The fourth-order valence-corrected chi connectivity index (χ4v) is 7.13. The second-order valence-corrected chi connectivity index (χ2v) is 12.4. The number of rotatable bonds is 4. The Hall–Kier alpha value is -4.88. The summed E-state index contributed by atoms with van der Waals surface area (Å²) in [7, 11) is 0. The Bertz CT molecular complexity index is 2010. The molecule has 0 unspecified atom stereocenters. The van der Waals surface area contributed by atoms with Crippen molar-refractivity contribution in [3.8, 4) is 11.1 Å². The van der Waals surface area contributed by atoms with Gasteiger partial charge in [-0.25, -0.2) is 0 Å². The Labute approximate surface area is 248 Å². The van der Waals surface area contributed by atoms with Gasteiger partial charge < -0.3 is 4.90 Å². The fraction of sp³-hybridized carbons (Fsp3) is 0.122. The minimum atomic E-state index is 0.150. The van der Waals surface area contributed by atoms with Crippen molar-refractivity contribution in [2.24, 2.45) is 5.41 Å². The van der Waals surface area contributed by atoms with Crippen molar-refractivity contribution in [2.75, 3.05) is 4.90 Å². The Morgan fingerprint density at radius 3 is 1.90 bits per heavy atom. The third-order valence-electron chi connectivity index (χ3n) is 8.94. The van der Waals surface area contributed by atoms with Crippen LogP contribution in [0.3, 0.4) is 0 Å². The van der Waals surface area contributed by atoms with Crippen LogP contribution in [0.2, 0.25) is 0 Å². The van der Waals surface area contributed by atoms with Gasteiger partial charge in [0.25, 0.3) is 0 Å². The lowest BCUT2D eigenvalue weighted by Crippen LogP contribution is -2.12. The summed E-state index contributed by atoms with van der Waals surface area (Å²) >= 11 is 0. The predicted octanol–water partition coefficient (Wildman–Crippen LogP) is 11.4. The summed E-state index contributed by atoms with van der Waals surface area (Å²) in [4.78, 5) is 2.36. The van der Waals surface area contributed by atoms with Crippen molar-refractivity contribution in [2.45, 2.75) is 26.7 Å². The van der Waals surface area contributed by atoms with Crippen molar-refractivity contribution in [3.05, 3.63) is 156 Å². The minimum absolute atomic E-state index is 0.150. The van der Waals surface area contributed by atoms with E-state index in [0.717, 1.165) is 24.2 Å². The number of nitrogens with zero attached hydrogens (tertiary/aromatic N) is 1. The first kappa shape index (κ1) is 24.9. The van der Waals surface area contributed by atoms with Crippen molar-refractivity contribution in [1.82, 2.24) is 0 Å². The summed E-state index contributed by atoms with van der Waals surface area (Å²) < 4.78 is 0. The second kappa shape index (κ2) is 9.60. The van der Waals surface area contributed by atoms with Gasteiger partial charge in [0, 0.05) is 17.1 Å². The molecule has 0 fully saturated rings. The molecule has 2 aliphatic rings. The summed E-state index contributed by atoms with van der Waals surface area (Å²) in [5.41, 5.74) is 11.9. The number of para-hydroxylation sites is 2. The molecule has 0 bridgehead atoms. The Kier molecular flexibility index (Phi) is 5.69. The first-order valence-electron chi connectivity index (χ1n) is 15.0. The number of hydrogen-bond donors (Lipinski definition) is 0. The molecule has 202 valence electrons. The SMILES string of the molecule is CC1(C)C=C(c2c3ccccc3c3c4c(cccc24)Cc2cc(N(c4ccccc4)c4ccccc4)ccc2-3)C=CC1. The summed E-state index contributed by atoms with van der Waals surface area (Å²) in [6, 6.07) is 44.4. The number of anilines is 3. The fourth-order valence-electron chi connectivity index (χ4n) is 7.13. The van der Waals surface area contributed by atoms with E-state index in [1.54, 1.807) is 0 Å². The number of benzene rings is 6. The normalized spacial score (nSPS) is 15.0. The highest BCUT2D eigenvalue weighted by molar-refractivity contribution is 6.21. The van der Waals surface area contributed by atoms with Gasteiger partial charge in [0.1, 0.15) is 0 Å². The molecule has 0 saturated heterocycles. The van der Waals surface area contributed by atoms with E-state index in [-0.39, 0.29) is 5.41 Å². The van der Waals surface area contributed by atoms with Crippen molar-refractivity contribution >= 4 is 44.2 Å². The lowest BCUT2D eigenvalue weighted by Gasteiger charge is -2.30. The Morgan fingerprint density at radius 1 is 0.571 bits per heavy atom. The largest absolute Gasteiger partial charge is 0.310 e. The maximum atomic E-state index is 2.48. The van der Waals surface area contributed by atoms with Crippen molar-refractivity contribution in [3.63, 3.8) is 0 Å². The van der Waals surface area contributed by atoms with Crippen LogP contribution in [0, 0.1) is 5.41 Å². The molecule has 0 spiro atoms. The van der Waals surface area contributed by atoms with E-state index in [4.69, 9.17) is 0 Å². The molecule has 6 aromatic carbocycles. The standard InChI is InChI=1S/C41H33N/c1-41(2)24-12-14-29(27-41)38-35-19-9-10-20-36(35)40-34-23-22-33(26-30(34)25-28-13-11-21-37(38)39(28)40)42(31-15-5-3-6-16-31)32-17-7-4-8-18-32/h3-23,26-27H,24-25H2,1-2H3. The molecule has 0 heterocycles. The van der Waals surface area contributed by atoms with Crippen LogP contribution >= 0.6 is 0 Å². The third kappa shape index (κ3) is 4.00. The number of fused-ring (bicyclic) bond motifs is 4. The van der Waals surface area contributed by atoms with Gasteiger partial charge in [0.15, 0.2) is 0 Å². The van der Waals surface area contributed by atoms with E-state index in [1.165, 1.54) is 60.6 Å². The van der Waals surface area contributed by atoms with Gasteiger partial charge in [0.2, 0.25) is 0 Å². The van der Waals surface area contributed by atoms with E-state index in [1.807, 2.05) is 0 Å².